The van der Waals surface area contributed by atoms with Gasteiger partial charge in [-0.25, -0.2) is 4.98 Å². The molecule has 19 heavy (non-hydrogen) atoms. The Balaban J connectivity index is 2.28. The molecular formula is C14H12Cl2N2O. The van der Waals surface area contributed by atoms with E-state index in [0.29, 0.717) is 5.56 Å². The van der Waals surface area contributed by atoms with Gasteiger partial charge in [-0.05, 0) is 24.1 Å². The fourth-order valence-corrected chi connectivity index (χ4v) is 2.07. The summed E-state index contributed by atoms with van der Waals surface area (Å²) < 4.78 is 0. The number of para-hydroxylation sites is 1. The molecule has 0 bridgehead atoms. The van der Waals surface area contributed by atoms with Crippen LogP contribution in [0.1, 0.15) is 22.8 Å². The number of hydrogen-bond donors (Lipinski definition) is 1. The van der Waals surface area contributed by atoms with Crippen molar-refractivity contribution >= 4 is 34.8 Å². The molecule has 0 saturated carbocycles. The summed E-state index contributed by atoms with van der Waals surface area (Å²) in [4.78, 5) is 16.0. The molecule has 2 rings (SSSR count). The van der Waals surface area contributed by atoms with E-state index in [4.69, 9.17) is 23.2 Å². The van der Waals surface area contributed by atoms with Gasteiger partial charge >= 0.3 is 0 Å². The SMILES string of the molecule is CCc1ccccc1NC(=O)c1cc(Cl)ncc1Cl. The van der Waals surface area contributed by atoms with Gasteiger partial charge < -0.3 is 5.32 Å². The predicted octanol–water partition coefficient (Wildman–Crippen LogP) is 4.20. The highest BCUT2D eigenvalue weighted by Crippen LogP contribution is 2.21. The average molecular weight is 295 g/mol. The second-order valence-electron chi connectivity index (χ2n) is 3.95. The smallest absolute Gasteiger partial charge is 0.257 e. The minimum atomic E-state index is -0.296. The Labute approximate surface area is 121 Å². The number of aromatic nitrogens is 1. The molecule has 0 fully saturated rings. The molecule has 0 radical (unpaired) electrons. The van der Waals surface area contributed by atoms with E-state index in [-0.39, 0.29) is 16.1 Å². The summed E-state index contributed by atoms with van der Waals surface area (Å²) in [5.41, 5.74) is 2.15. The lowest BCUT2D eigenvalue weighted by Crippen LogP contribution is -2.14. The fraction of sp³-hybridized carbons (Fsp3) is 0.143. The minimum Gasteiger partial charge on any atom is -0.322 e. The first-order valence-corrected chi connectivity index (χ1v) is 6.57. The van der Waals surface area contributed by atoms with Crippen molar-refractivity contribution in [2.24, 2.45) is 0 Å². The molecule has 1 N–H and O–H groups in total. The van der Waals surface area contributed by atoms with E-state index in [1.54, 1.807) is 0 Å². The predicted molar refractivity (Wildman–Crippen MR) is 78.0 cm³/mol. The normalized spacial score (nSPS) is 10.3. The Kier molecular flexibility index (Phi) is 4.40. The van der Waals surface area contributed by atoms with E-state index < -0.39 is 0 Å². The highest BCUT2D eigenvalue weighted by Gasteiger charge is 2.13. The molecule has 2 aromatic rings. The molecule has 0 atom stereocenters. The zero-order chi connectivity index (χ0) is 13.8. The molecule has 5 heteroatoms. The van der Waals surface area contributed by atoms with Crippen molar-refractivity contribution < 1.29 is 4.79 Å². The van der Waals surface area contributed by atoms with Gasteiger partial charge in [-0.2, -0.15) is 0 Å². The van der Waals surface area contributed by atoms with Crippen molar-refractivity contribution in [1.82, 2.24) is 4.98 Å². The van der Waals surface area contributed by atoms with Gasteiger partial charge in [-0.3, -0.25) is 4.79 Å². The van der Waals surface area contributed by atoms with E-state index in [1.165, 1.54) is 12.3 Å². The van der Waals surface area contributed by atoms with Crippen LogP contribution in [0.4, 0.5) is 5.69 Å². The minimum absolute atomic E-state index is 0.235. The first-order chi connectivity index (χ1) is 9.11. The maximum Gasteiger partial charge on any atom is 0.257 e. The Bertz CT molecular complexity index is 614. The molecule has 1 amide bonds. The number of rotatable bonds is 3. The Morgan fingerprint density at radius 2 is 2.05 bits per heavy atom. The molecule has 98 valence electrons. The molecule has 0 spiro atoms. The number of halogens is 2. The van der Waals surface area contributed by atoms with Crippen LogP contribution in [-0.4, -0.2) is 10.9 Å². The number of carbonyl (C=O) groups is 1. The molecule has 0 unspecified atom stereocenters. The Morgan fingerprint density at radius 3 is 2.79 bits per heavy atom. The average Bonchev–Trinajstić information content (AvgIpc) is 2.42. The molecule has 0 aliphatic rings. The van der Waals surface area contributed by atoms with Crippen molar-refractivity contribution in [3.05, 3.63) is 57.8 Å². The number of nitrogens with one attached hydrogen (secondary N) is 1. The van der Waals surface area contributed by atoms with Gasteiger partial charge in [0.2, 0.25) is 0 Å². The van der Waals surface area contributed by atoms with Gasteiger partial charge in [0, 0.05) is 11.9 Å². The second kappa shape index (κ2) is 6.04. The van der Waals surface area contributed by atoms with Crippen molar-refractivity contribution in [2.75, 3.05) is 5.32 Å². The maximum atomic E-state index is 12.2. The summed E-state index contributed by atoms with van der Waals surface area (Å²) in [6.07, 6.45) is 2.20. The van der Waals surface area contributed by atoms with Gasteiger partial charge in [-0.15, -0.1) is 0 Å². The van der Waals surface area contributed by atoms with Gasteiger partial charge in [-0.1, -0.05) is 48.3 Å². The van der Waals surface area contributed by atoms with Crippen LogP contribution in [0.15, 0.2) is 36.5 Å². The fourth-order valence-electron chi connectivity index (χ4n) is 1.73. The third-order valence-corrected chi connectivity index (χ3v) is 3.22. The maximum absolute atomic E-state index is 12.2. The highest BCUT2D eigenvalue weighted by atomic mass is 35.5. The molecule has 0 aliphatic heterocycles. The molecule has 1 heterocycles. The number of carbonyl (C=O) groups excluding carboxylic acids is 1. The second-order valence-corrected chi connectivity index (χ2v) is 4.75. The van der Waals surface area contributed by atoms with Crippen LogP contribution in [0.5, 0.6) is 0 Å². The van der Waals surface area contributed by atoms with Crippen LogP contribution in [0.25, 0.3) is 0 Å². The molecule has 3 nitrogen and oxygen atoms in total. The third kappa shape index (κ3) is 3.25. The summed E-state index contributed by atoms with van der Waals surface area (Å²) in [6, 6.07) is 9.08. The summed E-state index contributed by atoms with van der Waals surface area (Å²) in [5.74, 6) is -0.296. The van der Waals surface area contributed by atoms with Crippen LogP contribution in [-0.2, 0) is 6.42 Å². The summed E-state index contributed by atoms with van der Waals surface area (Å²) in [7, 11) is 0. The number of aryl methyl sites for hydroxylation is 1. The van der Waals surface area contributed by atoms with Crippen molar-refractivity contribution in [3.8, 4) is 0 Å². The van der Waals surface area contributed by atoms with E-state index in [9.17, 15) is 4.79 Å². The van der Waals surface area contributed by atoms with Gasteiger partial charge in [0.25, 0.3) is 5.91 Å². The quantitative estimate of drug-likeness (QED) is 0.862. The van der Waals surface area contributed by atoms with Crippen LogP contribution >= 0.6 is 23.2 Å². The number of benzene rings is 1. The highest BCUT2D eigenvalue weighted by molar-refractivity contribution is 6.35. The van der Waals surface area contributed by atoms with Gasteiger partial charge in [0.05, 0.1) is 10.6 Å². The van der Waals surface area contributed by atoms with Crippen LogP contribution < -0.4 is 5.32 Å². The molecule has 0 aliphatic carbocycles. The van der Waals surface area contributed by atoms with Gasteiger partial charge in [0.1, 0.15) is 5.15 Å². The third-order valence-electron chi connectivity index (χ3n) is 2.71. The molecule has 1 aromatic carbocycles. The standard InChI is InChI=1S/C14H12Cl2N2O/c1-2-9-5-3-4-6-12(9)18-14(19)10-7-13(16)17-8-11(10)15/h3-8H,2H2,1H3,(H,18,19). The van der Waals surface area contributed by atoms with E-state index in [2.05, 4.69) is 10.3 Å². The lowest BCUT2D eigenvalue weighted by molar-refractivity contribution is 0.102. The first kappa shape index (κ1) is 13.8. The monoisotopic (exact) mass is 294 g/mol. The van der Waals surface area contributed by atoms with Gasteiger partial charge in [0.15, 0.2) is 0 Å². The number of anilines is 1. The summed E-state index contributed by atoms with van der Waals surface area (Å²) in [6.45, 7) is 2.03. The number of pyridine rings is 1. The van der Waals surface area contributed by atoms with Crippen LogP contribution in [0.3, 0.4) is 0 Å². The Hall–Kier alpha value is -1.58. The lowest BCUT2D eigenvalue weighted by atomic mass is 10.1. The van der Waals surface area contributed by atoms with E-state index in [1.807, 2.05) is 31.2 Å². The Morgan fingerprint density at radius 1 is 1.32 bits per heavy atom. The van der Waals surface area contributed by atoms with Crippen molar-refractivity contribution in [2.45, 2.75) is 13.3 Å². The van der Waals surface area contributed by atoms with Crippen molar-refractivity contribution in [3.63, 3.8) is 0 Å². The number of amides is 1. The lowest BCUT2D eigenvalue weighted by Gasteiger charge is -2.10. The van der Waals surface area contributed by atoms with Crippen LogP contribution in [0.2, 0.25) is 10.2 Å². The largest absolute Gasteiger partial charge is 0.322 e. The molecule has 0 saturated heterocycles. The zero-order valence-electron chi connectivity index (χ0n) is 10.3. The molecule has 1 aromatic heterocycles. The summed E-state index contributed by atoms with van der Waals surface area (Å²) >= 11 is 11.7. The number of hydrogen-bond acceptors (Lipinski definition) is 2. The molecular weight excluding hydrogens is 283 g/mol. The van der Waals surface area contributed by atoms with E-state index >= 15 is 0 Å². The zero-order valence-corrected chi connectivity index (χ0v) is 11.8. The van der Waals surface area contributed by atoms with Crippen molar-refractivity contribution in [1.29, 1.82) is 0 Å². The summed E-state index contributed by atoms with van der Waals surface area (Å²) in [5, 5.41) is 3.34. The number of nitrogens with zero attached hydrogens (tertiary/aromatic N) is 1. The first-order valence-electron chi connectivity index (χ1n) is 5.82. The topological polar surface area (TPSA) is 42.0 Å². The van der Waals surface area contributed by atoms with E-state index in [0.717, 1.165) is 17.7 Å². The van der Waals surface area contributed by atoms with Crippen LogP contribution in [0, 0.1) is 0 Å².